The maximum Gasteiger partial charge on any atom is 0.421 e. The van der Waals surface area contributed by atoms with Gasteiger partial charge < -0.3 is 19.4 Å². The number of rotatable bonds is 5. The molecule has 0 aliphatic carbocycles. The predicted octanol–water partition coefficient (Wildman–Crippen LogP) is 1.71. The highest BCUT2D eigenvalue weighted by Crippen LogP contribution is 2.34. The number of allylic oxidation sites excluding steroid dienone is 4. The van der Waals surface area contributed by atoms with E-state index in [1.807, 2.05) is 0 Å². The summed E-state index contributed by atoms with van der Waals surface area (Å²) in [5.41, 5.74) is 6.54. The van der Waals surface area contributed by atoms with E-state index < -0.39 is 16.4 Å². The Bertz CT molecular complexity index is 1120. The first-order chi connectivity index (χ1) is 13.4. The van der Waals surface area contributed by atoms with Crippen molar-refractivity contribution in [3.8, 4) is 11.5 Å². The Kier molecular flexibility index (Phi) is 5.18. The van der Waals surface area contributed by atoms with Crippen LogP contribution in [0.4, 0.5) is 4.79 Å². The number of benzene rings is 1. The van der Waals surface area contributed by atoms with Gasteiger partial charge >= 0.3 is 16.4 Å². The van der Waals surface area contributed by atoms with Crippen molar-refractivity contribution in [1.82, 2.24) is 14.3 Å². The van der Waals surface area contributed by atoms with Gasteiger partial charge in [-0.25, -0.2) is 19.1 Å². The fraction of sp³-hybridized carbons (Fsp3) is 0.118. The van der Waals surface area contributed by atoms with Crippen molar-refractivity contribution in [3.63, 3.8) is 0 Å². The Morgan fingerprint density at radius 2 is 1.82 bits per heavy atom. The number of fused-ring (bicyclic) bond motifs is 1. The Balaban J connectivity index is 2.04. The van der Waals surface area contributed by atoms with Crippen LogP contribution in [0.5, 0.6) is 11.5 Å². The summed E-state index contributed by atoms with van der Waals surface area (Å²) in [6.45, 7) is 0. The lowest BCUT2D eigenvalue weighted by Gasteiger charge is -2.13. The minimum Gasteiger partial charge on any atom is -0.493 e. The van der Waals surface area contributed by atoms with Crippen LogP contribution in [-0.2, 0) is 14.5 Å². The van der Waals surface area contributed by atoms with Gasteiger partial charge in [-0.05, 0) is 18.2 Å². The Morgan fingerprint density at radius 1 is 1.11 bits per heavy atom. The molecule has 0 spiro atoms. The molecule has 0 unspecified atom stereocenters. The van der Waals surface area contributed by atoms with E-state index in [4.69, 9.17) is 15.2 Å². The fourth-order valence-corrected chi connectivity index (χ4v) is 3.28. The van der Waals surface area contributed by atoms with E-state index in [1.54, 1.807) is 18.2 Å². The van der Waals surface area contributed by atoms with E-state index in [-0.39, 0.29) is 0 Å². The molecule has 28 heavy (non-hydrogen) atoms. The van der Waals surface area contributed by atoms with Crippen molar-refractivity contribution in [2.45, 2.75) is 0 Å². The van der Waals surface area contributed by atoms with Gasteiger partial charge in [0.15, 0.2) is 11.5 Å². The van der Waals surface area contributed by atoms with Crippen LogP contribution < -0.4 is 15.2 Å². The lowest BCUT2D eigenvalue weighted by atomic mass is 10.1. The van der Waals surface area contributed by atoms with Gasteiger partial charge in [0, 0.05) is 29.4 Å². The van der Waals surface area contributed by atoms with Crippen LogP contribution in [0.2, 0.25) is 0 Å². The van der Waals surface area contributed by atoms with Crippen molar-refractivity contribution in [2.75, 3.05) is 14.2 Å². The summed E-state index contributed by atoms with van der Waals surface area (Å²) in [4.78, 5) is 19.3. The maximum atomic E-state index is 12.0. The standard InChI is InChI=1S/C17H16N4O6S/c1-25-14-8-12-13(9-15(14)26-2)19-10-20-16(12)11-4-3-6-21(7-5-11)28(23,24)27-17(18)22/h3-10H,1-2H3,(H2,18,22). The third kappa shape index (κ3) is 3.74. The number of carbonyl (C=O) groups is 1. The van der Waals surface area contributed by atoms with Crippen LogP contribution in [0.25, 0.3) is 16.5 Å². The highest BCUT2D eigenvalue weighted by molar-refractivity contribution is 7.84. The number of primary amides is 1. The molecule has 10 nitrogen and oxygen atoms in total. The zero-order chi connectivity index (χ0) is 20.3. The van der Waals surface area contributed by atoms with Crippen LogP contribution in [0.15, 0.2) is 49.1 Å². The molecule has 1 aliphatic rings. The van der Waals surface area contributed by atoms with Crippen LogP contribution >= 0.6 is 0 Å². The number of carbonyl (C=O) groups excluding carboxylic acids is 1. The van der Waals surface area contributed by atoms with Crippen LogP contribution in [-0.4, -0.2) is 43.0 Å². The number of nitrogens with two attached hydrogens (primary N) is 1. The summed E-state index contributed by atoms with van der Waals surface area (Å²) in [7, 11) is -1.35. The van der Waals surface area contributed by atoms with Gasteiger partial charge in [-0.15, -0.1) is 0 Å². The van der Waals surface area contributed by atoms with Crippen molar-refractivity contribution < 1.29 is 26.9 Å². The summed E-state index contributed by atoms with van der Waals surface area (Å²) >= 11 is 0. The first kappa shape index (κ1) is 19.2. The van der Waals surface area contributed by atoms with Crippen molar-refractivity contribution in [2.24, 2.45) is 5.73 Å². The number of aromatic nitrogens is 2. The normalized spacial score (nSPS) is 13.8. The van der Waals surface area contributed by atoms with Gasteiger partial charge in [-0.3, -0.25) is 0 Å². The molecule has 0 saturated heterocycles. The van der Waals surface area contributed by atoms with Crippen molar-refractivity contribution >= 4 is 32.9 Å². The SMILES string of the molecule is COc1cc2ncnc(C3=CC=CN(S(=O)(=O)OC(N)=O)C=C3)c2cc1OC. The minimum absolute atomic E-state index is 0.499. The Morgan fingerprint density at radius 3 is 2.50 bits per heavy atom. The average Bonchev–Trinajstić information content (AvgIpc) is 2.92. The largest absolute Gasteiger partial charge is 0.493 e. The molecule has 0 radical (unpaired) electrons. The molecule has 0 bridgehead atoms. The van der Waals surface area contributed by atoms with Gasteiger partial charge in [0.1, 0.15) is 6.33 Å². The van der Waals surface area contributed by atoms with Crippen molar-refractivity contribution in [1.29, 1.82) is 0 Å². The first-order valence-electron chi connectivity index (χ1n) is 7.82. The summed E-state index contributed by atoms with van der Waals surface area (Å²) in [6.07, 6.45) is 6.98. The number of ether oxygens (including phenoxy) is 2. The number of methoxy groups -OCH3 is 2. The number of hydrogen-bond donors (Lipinski definition) is 1. The van der Waals surface area contributed by atoms with E-state index in [0.717, 1.165) is 0 Å². The van der Waals surface area contributed by atoms with Crippen LogP contribution in [0, 0.1) is 0 Å². The Hall–Kier alpha value is -3.60. The zero-order valence-electron chi connectivity index (χ0n) is 14.9. The lowest BCUT2D eigenvalue weighted by molar-refractivity contribution is 0.210. The highest BCUT2D eigenvalue weighted by atomic mass is 32.2. The maximum absolute atomic E-state index is 12.0. The topological polar surface area (TPSA) is 134 Å². The molecular weight excluding hydrogens is 388 g/mol. The third-order valence-electron chi connectivity index (χ3n) is 3.77. The molecule has 2 aromatic rings. The molecule has 1 aromatic heterocycles. The molecule has 2 heterocycles. The minimum atomic E-state index is -4.39. The predicted molar refractivity (Wildman–Crippen MR) is 100 cm³/mol. The smallest absolute Gasteiger partial charge is 0.421 e. The molecule has 0 atom stereocenters. The molecule has 0 saturated carbocycles. The highest BCUT2D eigenvalue weighted by Gasteiger charge is 2.22. The van der Waals surface area contributed by atoms with Crippen LogP contribution in [0.3, 0.4) is 0 Å². The summed E-state index contributed by atoms with van der Waals surface area (Å²) in [6, 6.07) is 3.45. The zero-order valence-corrected chi connectivity index (χ0v) is 15.7. The first-order valence-corrected chi connectivity index (χ1v) is 9.18. The van der Waals surface area contributed by atoms with Gasteiger partial charge in [0.05, 0.1) is 25.4 Å². The summed E-state index contributed by atoms with van der Waals surface area (Å²) < 4.78 is 39.4. The van der Waals surface area contributed by atoms with Crippen LogP contribution in [0.1, 0.15) is 5.69 Å². The molecule has 146 valence electrons. The van der Waals surface area contributed by atoms with E-state index in [0.29, 0.717) is 38.0 Å². The van der Waals surface area contributed by atoms with Gasteiger partial charge in [0.2, 0.25) is 0 Å². The van der Waals surface area contributed by atoms with Gasteiger partial charge in [-0.2, -0.15) is 8.42 Å². The molecular formula is C17H16N4O6S. The summed E-state index contributed by atoms with van der Waals surface area (Å²) in [5.74, 6) is 1.02. The molecule has 0 fully saturated rings. The monoisotopic (exact) mass is 404 g/mol. The average molecular weight is 404 g/mol. The van der Waals surface area contributed by atoms with E-state index >= 15 is 0 Å². The summed E-state index contributed by atoms with van der Waals surface area (Å²) in [5, 5.41) is 0.675. The fourth-order valence-electron chi connectivity index (χ4n) is 2.56. The molecule has 1 aromatic carbocycles. The van der Waals surface area contributed by atoms with Gasteiger partial charge in [-0.1, -0.05) is 6.08 Å². The van der Waals surface area contributed by atoms with E-state index in [2.05, 4.69) is 14.2 Å². The number of nitrogens with zero attached hydrogens (tertiary/aromatic N) is 3. The number of amides is 1. The van der Waals surface area contributed by atoms with E-state index in [9.17, 15) is 13.2 Å². The second-order valence-corrected chi connectivity index (χ2v) is 6.86. The lowest BCUT2D eigenvalue weighted by Crippen LogP contribution is -2.28. The van der Waals surface area contributed by atoms with Gasteiger partial charge in [0.25, 0.3) is 0 Å². The molecule has 1 amide bonds. The second kappa shape index (κ2) is 7.56. The van der Waals surface area contributed by atoms with Crippen molar-refractivity contribution in [3.05, 3.63) is 54.8 Å². The second-order valence-electron chi connectivity index (χ2n) is 5.42. The number of hydrogen-bond acceptors (Lipinski definition) is 8. The molecule has 2 N–H and O–H groups in total. The third-order valence-corrected chi connectivity index (χ3v) is 4.90. The Labute approximate surface area is 160 Å². The molecule has 3 rings (SSSR count). The quantitative estimate of drug-likeness (QED) is 0.796. The molecule has 1 aliphatic heterocycles. The molecule has 11 heteroatoms. The van der Waals surface area contributed by atoms with E-state index in [1.165, 1.54) is 45.1 Å².